The average Bonchev–Trinajstić information content (AvgIpc) is 3.12. The summed E-state index contributed by atoms with van der Waals surface area (Å²) in [5, 5.41) is 0.410. The van der Waals surface area contributed by atoms with Gasteiger partial charge in [-0.2, -0.15) is 4.57 Å². The van der Waals surface area contributed by atoms with Crippen molar-refractivity contribution in [1.29, 1.82) is 0 Å². The molecule has 0 unspecified atom stereocenters. The second-order valence-electron chi connectivity index (χ2n) is 7.57. The van der Waals surface area contributed by atoms with E-state index < -0.39 is 22.4 Å². The van der Waals surface area contributed by atoms with Gasteiger partial charge in [0.2, 0.25) is 0 Å². The number of benzene rings is 2. The largest absolute Gasteiger partial charge is 0.496 e. The Morgan fingerprint density at radius 1 is 1.19 bits per heavy atom. The Morgan fingerprint density at radius 3 is 2.65 bits per heavy atom. The molecule has 0 aliphatic carbocycles. The fourth-order valence-electron chi connectivity index (χ4n) is 3.71. The molecule has 1 aliphatic rings. The number of aromatic nitrogens is 2. The minimum atomic E-state index is -0.789. The maximum Gasteiger partial charge on any atom is 0.447 e. The average molecular weight is 478 g/mol. The molecule has 1 aliphatic heterocycles. The molecular formula is C21H20ClN3O4S2. The Bertz CT molecular complexity index is 1260. The number of ether oxygens (including phenoxy) is 1. The van der Waals surface area contributed by atoms with E-state index in [2.05, 4.69) is 0 Å². The first-order chi connectivity index (χ1) is 14.7. The Balaban J connectivity index is 1.81. The molecule has 31 heavy (non-hydrogen) atoms. The number of halogens is 1. The minimum Gasteiger partial charge on any atom is -0.496 e. The third-order valence-corrected chi connectivity index (χ3v) is 6.93. The molecule has 0 amide bonds. The number of thiocarbonyl (C=S) groups is 1. The van der Waals surface area contributed by atoms with E-state index >= 15 is 0 Å². The molecule has 1 aromatic heterocycles. The molecule has 2 aromatic carbocycles. The van der Waals surface area contributed by atoms with Crippen molar-refractivity contribution >= 4 is 39.9 Å². The Kier molecular flexibility index (Phi) is 5.76. The van der Waals surface area contributed by atoms with Crippen LogP contribution in [0.15, 0.2) is 62.6 Å². The highest BCUT2D eigenvalue weighted by molar-refractivity contribution is 8.24. The normalized spacial score (nSPS) is 17.9. The summed E-state index contributed by atoms with van der Waals surface area (Å²) < 4.78 is 13.1. The first-order valence-corrected chi connectivity index (χ1v) is 11.1. The molecule has 1 fully saturated rings. The van der Waals surface area contributed by atoms with Gasteiger partial charge in [-0.25, -0.2) is 9.59 Å². The SMILES string of the molecule is COc1ccccc1CN1C(=S)SC(C)(C)[C@H]1n1oc(=O)n(-c2cccc(Cl)c2)c1=O. The third kappa shape index (κ3) is 3.93. The molecule has 0 N–H and O–H groups in total. The summed E-state index contributed by atoms with van der Waals surface area (Å²) >= 11 is 13.1. The second kappa shape index (κ2) is 8.22. The van der Waals surface area contributed by atoms with E-state index in [9.17, 15) is 9.59 Å². The fraction of sp³-hybridized carbons (Fsp3) is 0.286. The summed E-state index contributed by atoms with van der Waals surface area (Å²) in [6.07, 6.45) is -0.615. The van der Waals surface area contributed by atoms with Crippen molar-refractivity contribution in [2.75, 3.05) is 7.11 Å². The lowest BCUT2D eigenvalue weighted by Gasteiger charge is -2.30. The topological polar surface area (TPSA) is 69.6 Å². The summed E-state index contributed by atoms with van der Waals surface area (Å²) in [5.41, 5.74) is 0.647. The molecule has 2 heterocycles. The van der Waals surface area contributed by atoms with Crippen LogP contribution in [0.1, 0.15) is 25.6 Å². The summed E-state index contributed by atoms with van der Waals surface area (Å²) in [4.78, 5) is 27.8. The quantitative estimate of drug-likeness (QED) is 0.513. The van der Waals surface area contributed by atoms with Gasteiger partial charge in [-0.3, -0.25) is 0 Å². The lowest BCUT2D eigenvalue weighted by atomic mass is 10.1. The highest BCUT2D eigenvalue weighted by Gasteiger charge is 2.48. The van der Waals surface area contributed by atoms with Gasteiger partial charge in [0.15, 0.2) is 6.17 Å². The van der Waals surface area contributed by atoms with Crippen molar-refractivity contribution in [2.24, 2.45) is 0 Å². The van der Waals surface area contributed by atoms with E-state index in [0.29, 0.717) is 27.3 Å². The van der Waals surface area contributed by atoms with Crippen LogP contribution in [-0.2, 0) is 6.54 Å². The van der Waals surface area contributed by atoms with Gasteiger partial charge in [-0.05, 0) is 38.1 Å². The molecule has 0 saturated carbocycles. The minimum absolute atomic E-state index is 0.340. The highest BCUT2D eigenvalue weighted by Crippen LogP contribution is 2.47. The van der Waals surface area contributed by atoms with Crippen molar-refractivity contribution in [3.63, 3.8) is 0 Å². The monoisotopic (exact) mass is 477 g/mol. The summed E-state index contributed by atoms with van der Waals surface area (Å²) in [6.45, 7) is 4.31. The van der Waals surface area contributed by atoms with Crippen LogP contribution >= 0.6 is 35.6 Å². The van der Waals surface area contributed by atoms with Gasteiger partial charge in [-0.15, -0.1) is 4.74 Å². The van der Waals surface area contributed by atoms with Crippen LogP contribution in [-0.4, -0.2) is 30.4 Å². The summed E-state index contributed by atoms with van der Waals surface area (Å²) in [6, 6.07) is 14.1. The second-order valence-corrected chi connectivity index (χ2v) is 10.3. The smallest absolute Gasteiger partial charge is 0.447 e. The number of methoxy groups -OCH3 is 1. The van der Waals surface area contributed by atoms with Crippen molar-refractivity contribution in [1.82, 2.24) is 14.2 Å². The molecule has 0 spiro atoms. The van der Waals surface area contributed by atoms with Gasteiger partial charge < -0.3 is 14.2 Å². The van der Waals surface area contributed by atoms with Crippen molar-refractivity contribution in [2.45, 2.75) is 31.3 Å². The van der Waals surface area contributed by atoms with E-state index in [1.165, 1.54) is 17.8 Å². The van der Waals surface area contributed by atoms with Gasteiger partial charge in [0.25, 0.3) is 0 Å². The predicted molar refractivity (Wildman–Crippen MR) is 125 cm³/mol. The van der Waals surface area contributed by atoms with Gasteiger partial charge in [0, 0.05) is 10.6 Å². The molecule has 7 nitrogen and oxygen atoms in total. The first-order valence-electron chi connectivity index (χ1n) is 9.45. The van der Waals surface area contributed by atoms with Crippen molar-refractivity contribution in [3.05, 3.63) is 80.2 Å². The Hall–Kier alpha value is -2.49. The number of para-hydroxylation sites is 1. The number of hydrogen-bond acceptors (Lipinski definition) is 6. The predicted octanol–water partition coefficient (Wildman–Crippen LogP) is 4.07. The van der Waals surface area contributed by atoms with Crippen LogP contribution in [0.3, 0.4) is 0 Å². The lowest BCUT2D eigenvalue weighted by molar-refractivity contribution is 0.0861. The third-order valence-electron chi connectivity index (χ3n) is 5.06. The maximum absolute atomic E-state index is 13.3. The van der Waals surface area contributed by atoms with Gasteiger partial charge >= 0.3 is 11.4 Å². The molecule has 0 radical (unpaired) electrons. The van der Waals surface area contributed by atoms with E-state index in [-0.39, 0.29) is 0 Å². The molecule has 1 saturated heterocycles. The Morgan fingerprint density at radius 2 is 1.94 bits per heavy atom. The number of thioether (sulfide) groups is 1. The van der Waals surface area contributed by atoms with Crippen LogP contribution < -0.4 is 16.2 Å². The van der Waals surface area contributed by atoms with E-state index in [4.69, 9.17) is 33.1 Å². The maximum atomic E-state index is 13.3. The zero-order valence-electron chi connectivity index (χ0n) is 17.1. The summed E-state index contributed by atoms with van der Waals surface area (Å²) in [7, 11) is 1.60. The van der Waals surface area contributed by atoms with Crippen LogP contribution in [0.5, 0.6) is 5.75 Å². The van der Waals surface area contributed by atoms with Crippen LogP contribution in [0.25, 0.3) is 5.69 Å². The van der Waals surface area contributed by atoms with Crippen molar-refractivity contribution < 1.29 is 9.26 Å². The molecular weight excluding hydrogens is 458 g/mol. The molecule has 0 bridgehead atoms. The van der Waals surface area contributed by atoms with E-state index in [0.717, 1.165) is 14.9 Å². The van der Waals surface area contributed by atoms with Gasteiger partial charge in [-0.1, -0.05) is 59.8 Å². The zero-order valence-corrected chi connectivity index (χ0v) is 19.5. The number of hydrogen-bond donors (Lipinski definition) is 0. The standard InChI is InChI=1S/C21H20ClN3O4S2/c1-21(2)17(23(20(30)31-21)12-13-7-4-5-10-16(13)28-3)25-18(26)24(19(27)29-25)15-9-6-8-14(22)11-15/h4-11,17H,12H2,1-3H3/t17-/m1/s1. The number of nitrogens with zero attached hydrogens (tertiary/aromatic N) is 3. The first kappa shape index (κ1) is 21.7. The fourth-order valence-corrected chi connectivity index (χ4v) is 5.77. The zero-order chi connectivity index (χ0) is 22.3. The summed E-state index contributed by atoms with van der Waals surface area (Å²) in [5.74, 6) is -0.0767. The lowest BCUT2D eigenvalue weighted by Crippen LogP contribution is -2.42. The molecule has 4 rings (SSSR count). The van der Waals surface area contributed by atoms with E-state index in [1.54, 1.807) is 25.3 Å². The highest BCUT2D eigenvalue weighted by atomic mass is 35.5. The van der Waals surface area contributed by atoms with Crippen LogP contribution in [0.2, 0.25) is 5.02 Å². The van der Waals surface area contributed by atoms with Crippen molar-refractivity contribution in [3.8, 4) is 11.4 Å². The molecule has 10 heteroatoms. The van der Waals surface area contributed by atoms with Crippen LogP contribution in [0.4, 0.5) is 0 Å². The Labute approximate surface area is 193 Å². The van der Waals surface area contributed by atoms with Gasteiger partial charge in [0.1, 0.15) is 10.1 Å². The molecule has 3 aromatic rings. The number of rotatable bonds is 5. The molecule has 162 valence electrons. The van der Waals surface area contributed by atoms with E-state index in [1.807, 2.05) is 43.0 Å². The van der Waals surface area contributed by atoms with Gasteiger partial charge in [0.05, 0.1) is 24.1 Å². The molecule has 1 atom stereocenters. The van der Waals surface area contributed by atoms with Crippen LogP contribution in [0, 0.1) is 0 Å².